The molecule has 0 spiro atoms. The Morgan fingerprint density at radius 3 is 3.00 bits per heavy atom. The zero-order valence-electron chi connectivity index (χ0n) is 13.6. The molecule has 128 valence electrons. The standard InChI is InChI=1S/C18H20Cl2N2OS/c1-2-6-12-7-3-4-10-22(12)18(23)15-11-24-17(21-15)13-8-5-9-14(19)16(13)20/h5,8-9,11-12H,2-4,6-7,10H2,1H3. The fourth-order valence-corrected chi connectivity index (χ4v) is 4.48. The summed E-state index contributed by atoms with van der Waals surface area (Å²) < 4.78 is 0. The molecule has 1 aliphatic rings. The highest BCUT2D eigenvalue weighted by atomic mass is 35.5. The predicted octanol–water partition coefficient (Wildman–Crippen LogP) is 5.91. The van der Waals surface area contributed by atoms with E-state index in [1.807, 2.05) is 22.4 Å². The highest BCUT2D eigenvalue weighted by Gasteiger charge is 2.28. The highest BCUT2D eigenvalue weighted by Crippen LogP contribution is 2.35. The van der Waals surface area contributed by atoms with Crippen molar-refractivity contribution >= 4 is 40.4 Å². The number of thiazole rings is 1. The summed E-state index contributed by atoms with van der Waals surface area (Å²) in [6, 6.07) is 5.81. The van der Waals surface area contributed by atoms with Crippen LogP contribution in [0.25, 0.3) is 10.6 Å². The number of carbonyl (C=O) groups excluding carboxylic acids is 1. The van der Waals surface area contributed by atoms with E-state index >= 15 is 0 Å². The molecule has 2 aromatic rings. The van der Waals surface area contributed by atoms with Crippen molar-refractivity contribution < 1.29 is 4.79 Å². The number of nitrogens with zero attached hydrogens (tertiary/aromatic N) is 2. The largest absolute Gasteiger partial charge is 0.334 e. The maximum absolute atomic E-state index is 12.9. The van der Waals surface area contributed by atoms with E-state index in [-0.39, 0.29) is 5.91 Å². The molecule has 0 aliphatic carbocycles. The summed E-state index contributed by atoms with van der Waals surface area (Å²) in [5.41, 5.74) is 1.28. The van der Waals surface area contributed by atoms with E-state index in [9.17, 15) is 4.79 Å². The van der Waals surface area contributed by atoms with Crippen LogP contribution in [0.15, 0.2) is 23.6 Å². The van der Waals surface area contributed by atoms with E-state index in [0.29, 0.717) is 21.8 Å². The third kappa shape index (κ3) is 3.61. The minimum Gasteiger partial charge on any atom is -0.334 e. The van der Waals surface area contributed by atoms with Gasteiger partial charge in [-0.2, -0.15) is 0 Å². The monoisotopic (exact) mass is 382 g/mol. The van der Waals surface area contributed by atoms with Crippen LogP contribution >= 0.6 is 34.5 Å². The Morgan fingerprint density at radius 2 is 2.21 bits per heavy atom. The number of benzene rings is 1. The molecule has 1 aromatic carbocycles. The first kappa shape index (κ1) is 17.7. The van der Waals surface area contributed by atoms with Gasteiger partial charge in [0.15, 0.2) is 0 Å². The van der Waals surface area contributed by atoms with Gasteiger partial charge in [0.2, 0.25) is 0 Å². The van der Waals surface area contributed by atoms with Gasteiger partial charge in [0, 0.05) is 23.5 Å². The smallest absolute Gasteiger partial charge is 0.273 e. The van der Waals surface area contributed by atoms with Crippen LogP contribution in [-0.2, 0) is 0 Å². The SMILES string of the molecule is CCCC1CCCCN1C(=O)c1csc(-c2cccc(Cl)c2Cl)n1. The summed E-state index contributed by atoms with van der Waals surface area (Å²) in [5.74, 6) is 0.0359. The first-order valence-electron chi connectivity index (χ1n) is 8.32. The molecule has 6 heteroatoms. The number of rotatable bonds is 4. The maximum atomic E-state index is 12.9. The number of piperidine rings is 1. The molecule has 3 rings (SSSR count). The van der Waals surface area contributed by atoms with Gasteiger partial charge in [0.1, 0.15) is 10.7 Å². The Kier molecular flexibility index (Phi) is 5.80. The molecule has 0 N–H and O–H groups in total. The third-order valence-electron chi connectivity index (χ3n) is 4.42. The minimum absolute atomic E-state index is 0.0359. The van der Waals surface area contributed by atoms with Crippen LogP contribution in [0.5, 0.6) is 0 Å². The molecule has 1 unspecified atom stereocenters. The lowest BCUT2D eigenvalue weighted by Gasteiger charge is -2.35. The molecule has 2 heterocycles. The molecule has 1 aliphatic heterocycles. The number of halogens is 2. The van der Waals surface area contributed by atoms with Gasteiger partial charge < -0.3 is 4.90 Å². The zero-order valence-corrected chi connectivity index (χ0v) is 15.9. The fraction of sp³-hybridized carbons (Fsp3) is 0.444. The minimum atomic E-state index is 0.0359. The highest BCUT2D eigenvalue weighted by molar-refractivity contribution is 7.13. The third-order valence-corrected chi connectivity index (χ3v) is 6.11. The summed E-state index contributed by atoms with van der Waals surface area (Å²) in [7, 11) is 0. The van der Waals surface area contributed by atoms with Crippen molar-refractivity contribution in [3.63, 3.8) is 0 Å². The Labute approximate surface area is 156 Å². The van der Waals surface area contributed by atoms with Gasteiger partial charge in [-0.05, 0) is 31.7 Å². The first-order chi connectivity index (χ1) is 11.6. The van der Waals surface area contributed by atoms with Crippen LogP contribution in [0.4, 0.5) is 0 Å². The number of hydrogen-bond acceptors (Lipinski definition) is 3. The summed E-state index contributed by atoms with van der Waals surface area (Å²) in [6.07, 6.45) is 5.52. The number of hydrogen-bond donors (Lipinski definition) is 0. The Hall–Kier alpha value is -1.10. The average molecular weight is 383 g/mol. The second-order valence-corrected chi connectivity index (χ2v) is 7.72. The first-order valence-corrected chi connectivity index (χ1v) is 9.96. The normalized spacial score (nSPS) is 18.0. The molecule has 1 saturated heterocycles. The van der Waals surface area contributed by atoms with Crippen LogP contribution in [0.2, 0.25) is 10.0 Å². The lowest BCUT2D eigenvalue weighted by atomic mass is 9.98. The Bertz CT molecular complexity index is 730. The van der Waals surface area contributed by atoms with Gasteiger partial charge in [-0.25, -0.2) is 4.98 Å². The summed E-state index contributed by atoms with van der Waals surface area (Å²) in [6.45, 7) is 2.99. The van der Waals surface area contributed by atoms with Crippen LogP contribution in [0.1, 0.15) is 49.5 Å². The van der Waals surface area contributed by atoms with Gasteiger partial charge in [-0.3, -0.25) is 4.79 Å². The summed E-state index contributed by atoms with van der Waals surface area (Å²) in [4.78, 5) is 19.4. The Balaban J connectivity index is 1.84. The number of aromatic nitrogens is 1. The van der Waals surface area contributed by atoms with Crippen molar-refractivity contribution in [3.8, 4) is 10.6 Å². The second kappa shape index (κ2) is 7.85. The summed E-state index contributed by atoms with van der Waals surface area (Å²) >= 11 is 13.8. The van der Waals surface area contributed by atoms with E-state index in [2.05, 4.69) is 11.9 Å². The Morgan fingerprint density at radius 1 is 1.38 bits per heavy atom. The number of amides is 1. The molecule has 0 bridgehead atoms. The molecule has 1 fully saturated rings. The molecule has 3 nitrogen and oxygen atoms in total. The molecule has 1 amide bonds. The van der Waals surface area contributed by atoms with Crippen molar-refractivity contribution in [1.29, 1.82) is 0 Å². The molecule has 0 radical (unpaired) electrons. The van der Waals surface area contributed by atoms with E-state index in [1.54, 1.807) is 6.07 Å². The molecular weight excluding hydrogens is 363 g/mol. The predicted molar refractivity (Wildman–Crippen MR) is 101 cm³/mol. The van der Waals surface area contributed by atoms with Gasteiger partial charge in [0.05, 0.1) is 10.0 Å². The van der Waals surface area contributed by atoms with E-state index in [1.165, 1.54) is 17.8 Å². The van der Waals surface area contributed by atoms with Gasteiger partial charge in [-0.15, -0.1) is 11.3 Å². The number of carbonyl (C=O) groups is 1. The van der Waals surface area contributed by atoms with Crippen LogP contribution in [0.3, 0.4) is 0 Å². The molecular formula is C18H20Cl2N2OS. The van der Waals surface area contributed by atoms with Crippen molar-refractivity contribution in [2.45, 2.75) is 45.1 Å². The van der Waals surface area contributed by atoms with Crippen molar-refractivity contribution in [3.05, 3.63) is 39.3 Å². The average Bonchev–Trinajstić information content (AvgIpc) is 3.07. The van der Waals surface area contributed by atoms with Gasteiger partial charge in [0.25, 0.3) is 5.91 Å². The van der Waals surface area contributed by atoms with Gasteiger partial charge in [-0.1, -0.05) is 48.7 Å². The van der Waals surface area contributed by atoms with Crippen molar-refractivity contribution in [2.75, 3.05) is 6.54 Å². The lowest BCUT2D eigenvalue weighted by molar-refractivity contribution is 0.0595. The fourth-order valence-electron chi connectivity index (χ4n) is 3.21. The van der Waals surface area contributed by atoms with Crippen molar-refractivity contribution in [1.82, 2.24) is 9.88 Å². The zero-order chi connectivity index (χ0) is 17.1. The molecule has 0 saturated carbocycles. The number of likely N-dealkylation sites (tertiary alicyclic amines) is 1. The second-order valence-electron chi connectivity index (χ2n) is 6.08. The van der Waals surface area contributed by atoms with Crippen LogP contribution in [-0.4, -0.2) is 28.4 Å². The van der Waals surface area contributed by atoms with Gasteiger partial charge >= 0.3 is 0 Å². The topological polar surface area (TPSA) is 33.2 Å². The quantitative estimate of drug-likeness (QED) is 0.657. The van der Waals surface area contributed by atoms with E-state index in [4.69, 9.17) is 23.2 Å². The van der Waals surface area contributed by atoms with Crippen LogP contribution < -0.4 is 0 Å². The van der Waals surface area contributed by atoms with Crippen LogP contribution in [0, 0.1) is 0 Å². The maximum Gasteiger partial charge on any atom is 0.273 e. The lowest BCUT2D eigenvalue weighted by Crippen LogP contribution is -2.43. The van der Waals surface area contributed by atoms with Crippen molar-refractivity contribution in [2.24, 2.45) is 0 Å². The molecule has 1 aromatic heterocycles. The van der Waals surface area contributed by atoms with E-state index < -0.39 is 0 Å². The molecule has 1 atom stereocenters. The van der Waals surface area contributed by atoms with E-state index in [0.717, 1.165) is 42.8 Å². The summed E-state index contributed by atoms with van der Waals surface area (Å²) in [5, 5.41) is 3.53. The molecule has 24 heavy (non-hydrogen) atoms.